The highest BCUT2D eigenvalue weighted by atomic mass is 16.8. The average molecular weight is 641 g/mol. The number of nitrogens with one attached hydrogen (secondary N) is 1. The van der Waals surface area contributed by atoms with Gasteiger partial charge in [0, 0.05) is 12.8 Å². The van der Waals surface area contributed by atoms with Crippen molar-refractivity contribution >= 4 is 23.9 Å². The van der Waals surface area contributed by atoms with E-state index in [9.17, 15) is 19.5 Å². The van der Waals surface area contributed by atoms with Crippen LogP contribution in [0.3, 0.4) is 0 Å². The van der Waals surface area contributed by atoms with E-state index < -0.39 is 65.4 Å². The van der Waals surface area contributed by atoms with E-state index in [1.165, 1.54) is 0 Å². The minimum absolute atomic E-state index is 0.00482. The van der Waals surface area contributed by atoms with Crippen LogP contribution in [-0.4, -0.2) is 95.7 Å². The molecule has 1 aromatic carbocycles. The number of aliphatic hydroxyl groups excluding tert-OH is 1. The molecule has 0 aromatic heterocycles. The second-order valence-electron chi connectivity index (χ2n) is 14.5. The molecule has 2 aliphatic carbocycles. The van der Waals surface area contributed by atoms with Gasteiger partial charge in [0.2, 0.25) is 5.91 Å². The van der Waals surface area contributed by atoms with E-state index in [0.717, 1.165) is 30.4 Å². The van der Waals surface area contributed by atoms with Crippen LogP contribution in [0, 0.1) is 11.3 Å². The summed E-state index contributed by atoms with van der Waals surface area (Å²) < 4.78 is 28.6. The van der Waals surface area contributed by atoms with Crippen molar-refractivity contribution in [2.75, 3.05) is 13.4 Å². The van der Waals surface area contributed by atoms with Crippen LogP contribution in [0.2, 0.25) is 0 Å². The van der Waals surface area contributed by atoms with Crippen molar-refractivity contribution in [1.29, 1.82) is 0 Å². The Kier molecular flexibility index (Phi) is 8.48. The van der Waals surface area contributed by atoms with Gasteiger partial charge in [-0.25, -0.2) is 0 Å². The summed E-state index contributed by atoms with van der Waals surface area (Å²) in [5, 5.41) is 14.6. The number of allylic oxidation sites excluding steroid dienone is 1. The summed E-state index contributed by atoms with van der Waals surface area (Å²) in [4.78, 5) is 46.7. The number of epoxide rings is 1. The third kappa shape index (κ3) is 6.11. The van der Waals surface area contributed by atoms with Gasteiger partial charge in [0.25, 0.3) is 0 Å². The van der Waals surface area contributed by atoms with E-state index in [-0.39, 0.29) is 39.2 Å². The monoisotopic (exact) mass is 640 g/mol. The number of carbonyl (C=O) groups excluding carboxylic acids is 3. The van der Waals surface area contributed by atoms with Gasteiger partial charge >= 0.3 is 11.9 Å². The number of esters is 2. The molecule has 10 unspecified atom stereocenters. The molecule has 2 bridgehead atoms. The molecule has 1 aromatic rings. The predicted octanol–water partition coefficient (Wildman–Crippen LogP) is 2.41. The van der Waals surface area contributed by atoms with Gasteiger partial charge in [-0.3, -0.25) is 19.2 Å². The normalized spacial score (nSPS) is 36.9. The Bertz CT molecular complexity index is 1360. The standard InChI is InChI=1S/C34H44N2O10/c1-33(2,3)45-26(38)13-11-22(17-37)35-32(40)34-15-25-27-28(42-18-41-27)30(34)46-36(29(34)31(39)44-25)16-21-8-5-19(6-9-21)4-7-20-10-12-23-24(14-20)43-23/h4-9,20,22-25,27-30,37H,10-18H2,1-3H3,(H,35,40). The maximum Gasteiger partial charge on any atom is 0.327 e. The molecule has 2 saturated carbocycles. The summed E-state index contributed by atoms with van der Waals surface area (Å²) in [5.74, 6) is -0.907. The van der Waals surface area contributed by atoms with Crippen LogP contribution < -0.4 is 5.32 Å². The Morgan fingerprint density at radius 3 is 2.65 bits per heavy atom. The van der Waals surface area contributed by atoms with Gasteiger partial charge < -0.3 is 34.1 Å². The molecule has 6 aliphatic rings. The first-order valence-corrected chi connectivity index (χ1v) is 16.5. The second kappa shape index (κ2) is 12.3. The summed E-state index contributed by atoms with van der Waals surface area (Å²) in [5.41, 5.74) is -0.00887. The van der Waals surface area contributed by atoms with E-state index in [2.05, 4.69) is 17.5 Å². The number of rotatable bonds is 10. The molecule has 4 aliphatic heterocycles. The number of ether oxygens (including phenoxy) is 5. The predicted molar refractivity (Wildman–Crippen MR) is 161 cm³/mol. The summed E-state index contributed by atoms with van der Waals surface area (Å²) in [6, 6.07) is 6.28. The molecule has 2 N–H and O–H groups in total. The summed E-state index contributed by atoms with van der Waals surface area (Å²) in [7, 11) is 0. The maximum atomic E-state index is 14.3. The lowest BCUT2D eigenvalue weighted by Crippen LogP contribution is -2.70. The molecule has 250 valence electrons. The van der Waals surface area contributed by atoms with Crippen LogP contribution in [0.5, 0.6) is 0 Å². The molecule has 10 atom stereocenters. The van der Waals surface area contributed by atoms with Gasteiger partial charge in [0.15, 0.2) is 6.04 Å². The number of nitrogens with zero attached hydrogens (tertiary/aromatic N) is 1. The smallest absolute Gasteiger partial charge is 0.327 e. The van der Waals surface area contributed by atoms with Gasteiger partial charge in [0.1, 0.15) is 42.2 Å². The Labute approximate surface area is 268 Å². The lowest BCUT2D eigenvalue weighted by atomic mass is 9.62. The van der Waals surface area contributed by atoms with Gasteiger partial charge in [0.05, 0.1) is 31.4 Å². The Hall–Kier alpha value is -2.87. The number of aliphatic hydroxyl groups is 1. The topological polar surface area (TPSA) is 145 Å². The van der Waals surface area contributed by atoms with E-state index in [1.807, 2.05) is 24.3 Å². The molecule has 6 fully saturated rings. The van der Waals surface area contributed by atoms with E-state index >= 15 is 0 Å². The quantitative estimate of drug-likeness (QED) is 0.287. The summed E-state index contributed by atoms with van der Waals surface area (Å²) in [6.45, 7) is 5.20. The lowest BCUT2D eigenvalue weighted by molar-refractivity contribution is -0.201. The molecule has 12 heteroatoms. The zero-order valence-electron chi connectivity index (χ0n) is 26.6. The first-order chi connectivity index (χ1) is 22.0. The van der Waals surface area contributed by atoms with Gasteiger partial charge in [-0.2, -0.15) is 5.06 Å². The van der Waals surface area contributed by atoms with E-state index in [0.29, 0.717) is 18.1 Å². The molecular weight excluding hydrogens is 596 g/mol. The van der Waals surface area contributed by atoms with Crippen LogP contribution in [0.1, 0.15) is 70.4 Å². The molecule has 46 heavy (non-hydrogen) atoms. The van der Waals surface area contributed by atoms with Crippen molar-refractivity contribution in [3.8, 4) is 0 Å². The van der Waals surface area contributed by atoms with Gasteiger partial charge in [-0.15, -0.1) is 0 Å². The number of amides is 1. The fraction of sp³-hybridized carbons (Fsp3) is 0.676. The molecule has 4 heterocycles. The zero-order chi connectivity index (χ0) is 32.2. The van der Waals surface area contributed by atoms with Crippen LogP contribution in [0.4, 0.5) is 0 Å². The van der Waals surface area contributed by atoms with Gasteiger partial charge in [-0.1, -0.05) is 36.4 Å². The number of hydroxylamine groups is 2. The lowest BCUT2D eigenvalue weighted by Gasteiger charge is -2.49. The molecule has 0 spiro atoms. The van der Waals surface area contributed by atoms with Crippen molar-refractivity contribution in [2.45, 2.75) is 120 Å². The molecule has 4 saturated heterocycles. The number of carbonyl (C=O) groups is 3. The van der Waals surface area contributed by atoms with E-state index in [1.54, 1.807) is 25.8 Å². The van der Waals surface area contributed by atoms with E-state index in [4.69, 9.17) is 28.5 Å². The van der Waals surface area contributed by atoms with Crippen molar-refractivity contribution < 1.29 is 48.0 Å². The van der Waals surface area contributed by atoms with Crippen LogP contribution in [-0.2, 0) is 49.5 Å². The van der Waals surface area contributed by atoms with Crippen molar-refractivity contribution in [1.82, 2.24) is 10.4 Å². The van der Waals surface area contributed by atoms with Crippen molar-refractivity contribution in [2.24, 2.45) is 11.3 Å². The Morgan fingerprint density at radius 1 is 1.13 bits per heavy atom. The molecule has 7 rings (SSSR count). The molecule has 1 amide bonds. The second-order valence-corrected chi connectivity index (χ2v) is 14.5. The fourth-order valence-corrected chi connectivity index (χ4v) is 7.82. The maximum absolute atomic E-state index is 14.3. The first kappa shape index (κ1) is 31.7. The highest BCUT2D eigenvalue weighted by molar-refractivity contribution is 5.93. The van der Waals surface area contributed by atoms with Gasteiger partial charge in [-0.05, 0) is 63.5 Å². The first-order valence-electron chi connectivity index (χ1n) is 16.5. The zero-order valence-corrected chi connectivity index (χ0v) is 26.6. The Balaban J connectivity index is 1.07. The summed E-state index contributed by atoms with van der Waals surface area (Å²) >= 11 is 0. The molecule has 0 radical (unpaired) electrons. The van der Waals surface area contributed by atoms with Crippen LogP contribution in [0.25, 0.3) is 6.08 Å². The largest absolute Gasteiger partial charge is 0.460 e. The van der Waals surface area contributed by atoms with Crippen molar-refractivity contribution in [3.05, 3.63) is 41.5 Å². The molecular formula is C34H44N2O10. The average Bonchev–Trinajstić information content (AvgIpc) is 3.44. The van der Waals surface area contributed by atoms with Crippen LogP contribution >= 0.6 is 0 Å². The number of fused-ring (bicyclic) bond motifs is 5. The molecule has 12 nitrogen and oxygen atoms in total. The number of hydrogen-bond donors (Lipinski definition) is 2. The minimum atomic E-state index is -1.35. The number of hydrogen-bond acceptors (Lipinski definition) is 11. The van der Waals surface area contributed by atoms with Crippen molar-refractivity contribution in [3.63, 3.8) is 0 Å². The van der Waals surface area contributed by atoms with Crippen LogP contribution in [0.15, 0.2) is 30.3 Å². The Morgan fingerprint density at radius 2 is 1.91 bits per heavy atom. The SMILES string of the molecule is CC(C)(C)OC(=O)CCC(CO)NC(=O)C12CC3OC(=O)C1N(Cc1ccc(C=CC4CCC5OC5C4)cc1)OC2C1OCOC31. The fourth-order valence-electron chi connectivity index (χ4n) is 7.82. The number of benzene rings is 1. The third-order valence-electron chi connectivity index (χ3n) is 10.1. The highest BCUT2D eigenvalue weighted by Gasteiger charge is 2.74. The third-order valence-corrected chi connectivity index (χ3v) is 10.1. The summed E-state index contributed by atoms with van der Waals surface area (Å²) in [6.07, 6.45) is 6.40. The highest BCUT2D eigenvalue weighted by Crippen LogP contribution is 2.55. The minimum Gasteiger partial charge on any atom is -0.460 e.